The van der Waals surface area contributed by atoms with Gasteiger partial charge in [-0.3, -0.25) is 9.62 Å². The number of anilines is 2. The van der Waals surface area contributed by atoms with Crippen molar-refractivity contribution < 1.29 is 18.3 Å². The van der Waals surface area contributed by atoms with E-state index in [1.165, 1.54) is 30.5 Å². The number of quaternary nitrogens is 1. The summed E-state index contributed by atoms with van der Waals surface area (Å²) in [5.74, 6) is 0.0937. The van der Waals surface area contributed by atoms with E-state index in [4.69, 9.17) is 11.6 Å². The molecule has 7 nitrogen and oxygen atoms in total. The van der Waals surface area contributed by atoms with Crippen LogP contribution in [-0.2, 0) is 10.0 Å². The van der Waals surface area contributed by atoms with Gasteiger partial charge in [0.25, 0.3) is 0 Å². The van der Waals surface area contributed by atoms with Crippen molar-refractivity contribution in [2.45, 2.75) is 93.0 Å². The number of nitrogens with two attached hydrogens (primary N) is 1. The highest BCUT2D eigenvalue weighted by atomic mass is 35.5. The summed E-state index contributed by atoms with van der Waals surface area (Å²) in [7, 11) is -3.57. The van der Waals surface area contributed by atoms with Gasteiger partial charge in [0.2, 0.25) is 10.0 Å². The van der Waals surface area contributed by atoms with Gasteiger partial charge in [0.1, 0.15) is 5.70 Å². The number of allylic oxidation sites excluding steroid dienone is 3. The van der Waals surface area contributed by atoms with Gasteiger partial charge < -0.3 is 0 Å². The Morgan fingerprint density at radius 3 is 2.54 bits per heavy atom. The minimum atomic E-state index is -3.57. The molecular formula is C31H50ClFN5O2S+. The Balaban J connectivity index is 1.85. The molecule has 0 spiro atoms. The molecule has 3 rings (SSSR count). The van der Waals surface area contributed by atoms with Crippen LogP contribution in [0, 0.1) is 17.2 Å². The molecule has 2 unspecified atom stereocenters. The van der Waals surface area contributed by atoms with E-state index in [-0.39, 0.29) is 33.6 Å². The van der Waals surface area contributed by atoms with Crippen molar-refractivity contribution in [1.82, 2.24) is 10.3 Å². The summed E-state index contributed by atoms with van der Waals surface area (Å²) in [5.41, 5.74) is 8.88. The van der Waals surface area contributed by atoms with Crippen LogP contribution in [0.15, 0.2) is 47.3 Å². The van der Waals surface area contributed by atoms with Crippen LogP contribution >= 0.6 is 11.6 Å². The lowest BCUT2D eigenvalue weighted by molar-refractivity contribution is -0.700. The normalized spacial score (nSPS) is 18.6. The van der Waals surface area contributed by atoms with Crippen molar-refractivity contribution in [3.63, 3.8) is 0 Å². The lowest BCUT2D eigenvalue weighted by atomic mass is 9.77. The Kier molecular flexibility index (Phi) is 11.7. The lowest BCUT2D eigenvalue weighted by Gasteiger charge is -2.36. The summed E-state index contributed by atoms with van der Waals surface area (Å²) in [6.07, 6.45) is 12.2. The van der Waals surface area contributed by atoms with E-state index >= 15 is 4.39 Å². The smallest absolute Gasteiger partial charge is 0.232 e. The van der Waals surface area contributed by atoms with E-state index in [0.717, 1.165) is 43.6 Å². The van der Waals surface area contributed by atoms with E-state index in [2.05, 4.69) is 68.7 Å². The maximum Gasteiger partial charge on any atom is 0.232 e. The lowest BCUT2D eigenvalue weighted by Crippen LogP contribution is -2.97. The molecule has 1 aliphatic heterocycles. The molecule has 0 radical (unpaired) electrons. The average molecular weight is 611 g/mol. The SMILES string of the molecule is CCCN(CCC(CC)C(C)(C)C)C1C=C(CC)C=C(C2=CN(c3c(F)ccc(NS(=O)(=O)CCC)c3Cl)[NH2+]N2)C1. The third kappa shape index (κ3) is 8.72. The van der Waals surface area contributed by atoms with Crippen LogP contribution < -0.4 is 20.7 Å². The van der Waals surface area contributed by atoms with Gasteiger partial charge in [-0.25, -0.2) is 18.2 Å². The van der Waals surface area contributed by atoms with Gasteiger partial charge in [0.15, 0.2) is 11.5 Å². The Labute approximate surface area is 252 Å². The fourth-order valence-electron chi connectivity index (χ4n) is 5.81. The van der Waals surface area contributed by atoms with E-state index in [1.807, 2.05) is 6.20 Å². The maximum absolute atomic E-state index is 15.1. The number of benzene rings is 1. The molecular weight excluding hydrogens is 561 g/mol. The molecule has 1 aromatic rings. The highest BCUT2D eigenvalue weighted by Crippen LogP contribution is 2.37. The second-order valence-electron chi connectivity index (χ2n) is 12.2. The Hall–Kier alpha value is -2.07. The zero-order chi connectivity index (χ0) is 30.4. The van der Waals surface area contributed by atoms with Crippen LogP contribution in [0.4, 0.5) is 15.8 Å². The highest BCUT2D eigenvalue weighted by Gasteiger charge is 2.31. The molecule has 10 heteroatoms. The summed E-state index contributed by atoms with van der Waals surface area (Å²) in [6.45, 7) is 17.6. The summed E-state index contributed by atoms with van der Waals surface area (Å²) < 4.78 is 42.2. The van der Waals surface area contributed by atoms with Crippen LogP contribution in [0.1, 0.15) is 87.0 Å². The van der Waals surface area contributed by atoms with Crippen LogP contribution in [-0.4, -0.2) is 38.2 Å². The second-order valence-corrected chi connectivity index (χ2v) is 14.5. The van der Waals surface area contributed by atoms with Crippen LogP contribution in [0.25, 0.3) is 0 Å². The van der Waals surface area contributed by atoms with Crippen LogP contribution in [0.2, 0.25) is 5.02 Å². The first kappa shape index (κ1) is 33.4. The molecule has 0 bridgehead atoms. The fourth-order valence-corrected chi connectivity index (χ4v) is 7.31. The molecule has 0 saturated heterocycles. The molecule has 2 aliphatic rings. The molecule has 230 valence electrons. The number of halogens is 2. The monoisotopic (exact) mass is 610 g/mol. The largest absolute Gasteiger partial charge is 0.297 e. The van der Waals surface area contributed by atoms with Crippen molar-refractivity contribution in [3.05, 3.63) is 58.2 Å². The molecule has 0 amide bonds. The number of sulfonamides is 1. The maximum atomic E-state index is 15.1. The Bertz CT molecular complexity index is 1260. The van der Waals surface area contributed by atoms with Crippen molar-refractivity contribution in [1.29, 1.82) is 0 Å². The van der Waals surface area contributed by atoms with Gasteiger partial charge in [-0.05, 0) is 74.2 Å². The zero-order valence-corrected chi connectivity index (χ0v) is 27.4. The van der Waals surface area contributed by atoms with Gasteiger partial charge in [0, 0.05) is 6.04 Å². The van der Waals surface area contributed by atoms with E-state index in [0.29, 0.717) is 12.3 Å². The molecule has 2 atom stereocenters. The number of hydrogen-bond acceptors (Lipinski definition) is 5. The molecule has 4 N–H and O–H groups in total. The van der Waals surface area contributed by atoms with Crippen molar-refractivity contribution in [2.75, 3.05) is 28.6 Å². The zero-order valence-electron chi connectivity index (χ0n) is 25.9. The Morgan fingerprint density at radius 2 is 1.93 bits per heavy atom. The first-order valence-corrected chi connectivity index (χ1v) is 17.1. The van der Waals surface area contributed by atoms with Crippen LogP contribution in [0.3, 0.4) is 0 Å². The van der Waals surface area contributed by atoms with Crippen molar-refractivity contribution in [2.24, 2.45) is 11.3 Å². The number of nitrogens with zero attached hydrogens (tertiary/aromatic N) is 2. The van der Waals surface area contributed by atoms with Gasteiger partial charge in [-0.2, -0.15) is 5.01 Å². The predicted molar refractivity (Wildman–Crippen MR) is 169 cm³/mol. The minimum Gasteiger partial charge on any atom is -0.297 e. The second kappa shape index (κ2) is 14.4. The first-order valence-electron chi connectivity index (χ1n) is 15.1. The molecule has 1 aromatic carbocycles. The third-order valence-electron chi connectivity index (χ3n) is 8.10. The molecule has 1 heterocycles. The summed E-state index contributed by atoms with van der Waals surface area (Å²) in [5, 5.41) is 1.62. The van der Waals surface area contributed by atoms with E-state index < -0.39 is 15.8 Å². The first-order chi connectivity index (χ1) is 19.3. The van der Waals surface area contributed by atoms with Gasteiger partial charge in [0.05, 0.1) is 22.7 Å². The van der Waals surface area contributed by atoms with E-state index in [9.17, 15) is 8.42 Å². The summed E-state index contributed by atoms with van der Waals surface area (Å²) >= 11 is 6.57. The Morgan fingerprint density at radius 1 is 1.20 bits per heavy atom. The molecule has 41 heavy (non-hydrogen) atoms. The molecule has 1 aliphatic carbocycles. The van der Waals surface area contributed by atoms with E-state index in [1.54, 1.807) is 17.5 Å². The number of nitrogens with one attached hydrogen (secondary N) is 2. The quantitative estimate of drug-likeness (QED) is 0.210. The average Bonchev–Trinajstić information content (AvgIpc) is 3.39. The third-order valence-corrected chi connectivity index (χ3v) is 9.96. The molecule has 0 fully saturated rings. The van der Waals surface area contributed by atoms with Gasteiger partial charge in [-0.15, -0.1) is 5.53 Å². The number of hydrogen-bond donors (Lipinski definition) is 3. The fraction of sp³-hybridized carbons (Fsp3) is 0.613. The van der Waals surface area contributed by atoms with Crippen molar-refractivity contribution >= 4 is 33.0 Å². The summed E-state index contributed by atoms with van der Waals surface area (Å²) in [6, 6.07) is 2.89. The van der Waals surface area contributed by atoms with Gasteiger partial charge in [-0.1, -0.05) is 84.2 Å². The molecule has 0 aromatic heterocycles. The van der Waals surface area contributed by atoms with Crippen molar-refractivity contribution in [3.8, 4) is 0 Å². The van der Waals surface area contributed by atoms with Crippen LogP contribution in [0.5, 0.6) is 0 Å². The highest BCUT2D eigenvalue weighted by molar-refractivity contribution is 7.92. The number of rotatable bonds is 14. The standard InChI is InChI=1S/C31H49ClFN5O2S/c1-8-15-37(16-14-24(11-4)31(5,6)7)25-19-22(10-3)18-23(20-25)28-21-38(36-34-28)30-26(33)12-13-27(29(30)32)35-41(39,40)17-9-2/h12-13,18-19,21,24-25,34-36H,8-11,14-17,20H2,1-7H3/p+1. The topological polar surface area (TPSA) is 81.3 Å². The molecule has 0 saturated carbocycles. The minimum absolute atomic E-state index is 0.0170. The van der Waals surface area contributed by atoms with Gasteiger partial charge >= 0.3 is 0 Å². The predicted octanol–water partition coefficient (Wildman–Crippen LogP) is 6.48. The summed E-state index contributed by atoms with van der Waals surface area (Å²) in [4.78, 5) is 2.62.